The van der Waals surface area contributed by atoms with E-state index in [2.05, 4.69) is 4.99 Å². The molecule has 0 saturated carbocycles. The first-order valence-corrected chi connectivity index (χ1v) is 4.14. The zero-order chi connectivity index (χ0) is 10.4. The fraction of sp³-hybridized carbons (Fsp3) is 0.300. The fourth-order valence-corrected chi connectivity index (χ4v) is 1.19. The predicted molar refractivity (Wildman–Crippen MR) is 49.6 cm³/mol. The Balaban J connectivity index is 2.87. The van der Waals surface area contributed by atoms with Crippen molar-refractivity contribution in [3.05, 3.63) is 29.6 Å². The number of benzene rings is 1. The standard InChI is InChI=1S/C10H10FNO2/c1-14-10-4-2-3-9(11)8(10)5-6-12-7-13/h2-4H,5-6H2,1H3. The van der Waals surface area contributed by atoms with Crippen molar-refractivity contribution in [3.63, 3.8) is 0 Å². The number of halogens is 1. The number of nitrogens with zero attached hydrogens (tertiary/aromatic N) is 1. The van der Waals surface area contributed by atoms with Gasteiger partial charge in [-0.05, 0) is 18.6 Å². The minimum Gasteiger partial charge on any atom is -0.496 e. The molecule has 0 fully saturated rings. The molecule has 0 bridgehead atoms. The van der Waals surface area contributed by atoms with Gasteiger partial charge in [-0.25, -0.2) is 14.2 Å². The summed E-state index contributed by atoms with van der Waals surface area (Å²) in [4.78, 5) is 13.2. The molecule has 14 heavy (non-hydrogen) atoms. The first-order valence-electron chi connectivity index (χ1n) is 4.14. The molecule has 0 aromatic heterocycles. The molecular formula is C10H10FNO2. The average Bonchev–Trinajstić information content (AvgIpc) is 2.20. The van der Waals surface area contributed by atoms with Gasteiger partial charge in [0.1, 0.15) is 11.6 Å². The Hall–Kier alpha value is -1.67. The highest BCUT2D eigenvalue weighted by Crippen LogP contribution is 2.21. The van der Waals surface area contributed by atoms with Gasteiger partial charge in [-0.2, -0.15) is 0 Å². The van der Waals surface area contributed by atoms with Gasteiger partial charge in [0.25, 0.3) is 0 Å². The Morgan fingerprint density at radius 2 is 2.36 bits per heavy atom. The van der Waals surface area contributed by atoms with Crippen molar-refractivity contribution in [2.24, 2.45) is 4.99 Å². The average molecular weight is 195 g/mol. The van der Waals surface area contributed by atoms with Crippen LogP contribution in [0, 0.1) is 5.82 Å². The Bertz CT molecular complexity index is 359. The van der Waals surface area contributed by atoms with Crippen molar-refractivity contribution in [1.82, 2.24) is 0 Å². The Labute approximate surface area is 81.2 Å². The van der Waals surface area contributed by atoms with Crippen LogP contribution in [0.3, 0.4) is 0 Å². The number of aliphatic imine (C=N–C) groups is 1. The van der Waals surface area contributed by atoms with Gasteiger partial charge in [0, 0.05) is 5.56 Å². The third-order valence-corrected chi connectivity index (χ3v) is 1.83. The van der Waals surface area contributed by atoms with Gasteiger partial charge in [-0.15, -0.1) is 0 Å². The number of isocyanates is 1. The van der Waals surface area contributed by atoms with Crippen molar-refractivity contribution in [2.45, 2.75) is 6.42 Å². The summed E-state index contributed by atoms with van der Waals surface area (Å²) in [6.45, 7) is 0.223. The van der Waals surface area contributed by atoms with Gasteiger partial charge in [0.15, 0.2) is 0 Å². The highest BCUT2D eigenvalue weighted by Gasteiger charge is 2.07. The fourth-order valence-electron chi connectivity index (χ4n) is 1.19. The molecule has 1 rings (SSSR count). The van der Waals surface area contributed by atoms with Crippen LogP contribution in [0.4, 0.5) is 4.39 Å². The zero-order valence-electron chi connectivity index (χ0n) is 7.79. The lowest BCUT2D eigenvalue weighted by Gasteiger charge is -2.07. The van der Waals surface area contributed by atoms with E-state index in [1.807, 2.05) is 0 Å². The van der Waals surface area contributed by atoms with E-state index in [1.165, 1.54) is 19.3 Å². The third kappa shape index (κ3) is 2.41. The molecule has 0 heterocycles. The van der Waals surface area contributed by atoms with Crippen molar-refractivity contribution < 1.29 is 13.9 Å². The number of hydrogen-bond donors (Lipinski definition) is 0. The summed E-state index contributed by atoms with van der Waals surface area (Å²) < 4.78 is 18.2. The van der Waals surface area contributed by atoms with Crippen molar-refractivity contribution in [1.29, 1.82) is 0 Å². The third-order valence-electron chi connectivity index (χ3n) is 1.83. The predicted octanol–water partition coefficient (Wildman–Crippen LogP) is 1.71. The quantitative estimate of drug-likeness (QED) is 0.542. The largest absolute Gasteiger partial charge is 0.496 e. The van der Waals surface area contributed by atoms with Gasteiger partial charge in [-0.3, -0.25) is 0 Å². The SMILES string of the molecule is COc1cccc(F)c1CCN=C=O. The van der Waals surface area contributed by atoms with E-state index >= 15 is 0 Å². The normalized spacial score (nSPS) is 9.29. The Kier molecular flexibility index (Phi) is 3.83. The number of carbonyl (C=O) groups excluding carboxylic acids is 1. The Morgan fingerprint density at radius 1 is 1.57 bits per heavy atom. The smallest absolute Gasteiger partial charge is 0.234 e. The monoisotopic (exact) mass is 195 g/mol. The molecule has 0 N–H and O–H groups in total. The van der Waals surface area contributed by atoms with E-state index in [0.29, 0.717) is 17.7 Å². The van der Waals surface area contributed by atoms with Crippen LogP contribution in [-0.2, 0) is 11.2 Å². The molecule has 1 aromatic rings. The molecule has 4 heteroatoms. The molecule has 0 unspecified atom stereocenters. The van der Waals surface area contributed by atoms with Crippen LogP contribution in [0.5, 0.6) is 5.75 Å². The molecular weight excluding hydrogens is 185 g/mol. The number of hydrogen-bond acceptors (Lipinski definition) is 3. The minimum absolute atomic E-state index is 0.223. The first-order chi connectivity index (χ1) is 6.79. The van der Waals surface area contributed by atoms with Gasteiger partial charge >= 0.3 is 0 Å². The molecule has 0 radical (unpaired) electrons. The van der Waals surface area contributed by atoms with Gasteiger partial charge in [0.2, 0.25) is 6.08 Å². The lowest BCUT2D eigenvalue weighted by Crippen LogP contribution is -1.98. The summed E-state index contributed by atoms with van der Waals surface area (Å²) in [6, 6.07) is 4.59. The molecule has 0 saturated heterocycles. The summed E-state index contributed by atoms with van der Waals surface area (Å²) in [5, 5.41) is 0. The number of rotatable bonds is 4. The molecule has 0 aliphatic carbocycles. The summed E-state index contributed by atoms with van der Waals surface area (Å²) in [5.41, 5.74) is 0.439. The second-order valence-electron chi connectivity index (χ2n) is 2.64. The Morgan fingerprint density at radius 3 is 3.00 bits per heavy atom. The van der Waals surface area contributed by atoms with E-state index in [0.717, 1.165) is 0 Å². The van der Waals surface area contributed by atoms with Crippen LogP contribution in [0.1, 0.15) is 5.56 Å². The van der Waals surface area contributed by atoms with Crippen LogP contribution < -0.4 is 4.74 Å². The van der Waals surface area contributed by atoms with E-state index in [1.54, 1.807) is 12.1 Å². The van der Waals surface area contributed by atoms with Gasteiger partial charge < -0.3 is 4.74 Å². The molecule has 74 valence electrons. The van der Waals surface area contributed by atoms with Gasteiger partial charge in [0.05, 0.1) is 13.7 Å². The lowest BCUT2D eigenvalue weighted by molar-refractivity contribution is 0.404. The van der Waals surface area contributed by atoms with Crippen LogP contribution in [0.15, 0.2) is 23.2 Å². The van der Waals surface area contributed by atoms with E-state index in [-0.39, 0.29) is 12.4 Å². The topological polar surface area (TPSA) is 38.7 Å². The summed E-state index contributed by atoms with van der Waals surface area (Å²) in [7, 11) is 1.47. The van der Waals surface area contributed by atoms with Crippen LogP contribution in [-0.4, -0.2) is 19.7 Å². The van der Waals surface area contributed by atoms with Crippen molar-refractivity contribution in [3.8, 4) is 5.75 Å². The second-order valence-corrected chi connectivity index (χ2v) is 2.64. The maximum Gasteiger partial charge on any atom is 0.234 e. The summed E-state index contributed by atoms with van der Waals surface area (Å²) >= 11 is 0. The molecule has 0 aliphatic heterocycles. The maximum atomic E-state index is 13.2. The van der Waals surface area contributed by atoms with E-state index in [4.69, 9.17) is 4.74 Å². The van der Waals surface area contributed by atoms with Gasteiger partial charge in [-0.1, -0.05) is 6.07 Å². The molecule has 3 nitrogen and oxygen atoms in total. The summed E-state index contributed by atoms with van der Waals surface area (Å²) in [6.07, 6.45) is 1.75. The minimum atomic E-state index is -0.342. The summed E-state index contributed by atoms with van der Waals surface area (Å²) in [5.74, 6) is 0.136. The van der Waals surface area contributed by atoms with Crippen molar-refractivity contribution in [2.75, 3.05) is 13.7 Å². The highest BCUT2D eigenvalue weighted by molar-refractivity contribution is 5.36. The van der Waals surface area contributed by atoms with Crippen LogP contribution in [0.2, 0.25) is 0 Å². The molecule has 0 spiro atoms. The number of ether oxygens (including phenoxy) is 1. The van der Waals surface area contributed by atoms with E-state index in [9.17, 15) is 9.18 Å². The first kappa shape index (κ1) is 10.4. The van der Waals surface area contributed by atoms with E-state index < -0.39 is 0 Å². The number of methoxy groups -OCH3 is 1. The van der Waals surface area contributed by atoms with Crippen LogP contribution >= 0.6 is 0 Å². The van der Waals surface area contributed by atoms with Crippen LogP contribution in [0.25, 0.3) is 0 Å². The zero-order valence-corrected chi connectivity index (χ0v) is 7.79. The van der Waals surface area contributed by atoms with Crippen molar-refractivity contribution >= 4 is 6.08 Å². The highest BCUT2D eigenvalue weighted by atomic mass is 19.1. The molecule has 0 aliphatic rings. The second kappa shape index (κ2) is 5.14. The lowest BCUT2D eigenvalue weighted by atomic mass is 10.1. The maximum absolute atomic E-state index is 13.2. The molecule has 0 amide bonds. The molecule has 1 aromatic carbocycles. The molecule has 0 atom stereocenters.